The zero-order valence-corrected chi connectivity index (χ0v) is 30.8. The molecular weight excluding hydrogens is 697 g/mol. The van der Waals surface area contributed by atoms with Crippen LogP contribution in [0.3, 0.4) is 0 Å². The Morgan fingerprint density at radius 3 is 1.88 bits per heavy atom. The van der Waals surface area contributed by atoms with Crippen molar-refractivity contribution >= 4 is 33.5 Å². The van der Waals surface area contributed by atoms with Crippen LogP contribution in [0.25, 0.3) is 38.6 Å². The average molecular weight is 731 g/mol. The Balaban J connectivity index is 1.12. The van der Waals surface area contributed by atoms with Crippen molar-refractivity contribution in [2.24, 2.45) is 9.98 Å². The molecule has 0 saturated heterocycles. The Morgan fingerprint density at radius 1 is 0.509 bits per heavy atom. The largest absolute Gasteiger partial charge is 0.457 e. The summed E-state index contributed by atoms with van der Waals surface area (Å²) in [6.07, 6.45) is -0.378. The normalized spacial score (nSPS) is 15.8. The summed E-state index contributed by atoms with van der Waals surface area (Å²) in [4.78, 5) is 10.4. The van der Waals surface area contributed by atoms with Crippen molar-refractivity contribution < 1.29 is 4.74 Å². The maximum Gasteiger partial charge on any atom is 0.159 e. The predicted molar refractivity (Wildman–Crippen MR) is 230 cm³/mol. The molecule has 1 spiro atoms. The van der Waals surface area contributed by atoms with Crippen molar-refractivity contribution in [1.29, 1.82) is 0 Å². The van der Waals surface area contributed by atoms with Crippen LogP contribution in [-0.2, 0) is 5.41 Å². The van der Waals surface area contributed by atoms with Crippen molar-refractivity contribution in [3.63, 3.8) is 0 Å². The van der Waals surface area contributed by atoms with Gasteiger partial charge in [0, 0.05) is 44.2 Å². The van der Waals surface area contributed by atoms with Crippen LogP contribution in [0.4, 0.5) is 0 Å². The summed E-state index contributed by atoms with van der Waals surface area (Å²) in [7, 11) is 0. The molecule has 3 heterocycles. The smallest absolute Gasteiger partial charge is 0.159 e. The Hall–Kier alpha value is -7.50. The van der Waals surface area contributed by atoms with Gasteiger partial charge in [0.05, 0.1) is 22.1 Å². The van der Waals surface area contributed by atoms with E-state index in [0.717, 1.165) is 67.3 Å². The Morgan fingerprint density at radius 2 is 1.11 bits per heavy atom. The van der Waals surface area contributed by atoms with E-state index in [9.17, 15) is 0 Å². The van der Waals surface area contributed by atoms with Crippen LogP contribution in [0.1, 0.15) is 45.1 Å². The van der Waals surface area contributed by atoms with Crippen LogP contribution in [0.15, 0.2) is 204 Å². The molecule has 2 aliphatic heterocycles. The highest BCUT2D eigenvalue weighted by molar-refractivity contribution is 6.15. The number of rotatable bonds is 4. The fraction of sp³-hybridized carbons (Fsp3) is 0.0385. The van der Waals surface area contributed by atoms with E-state index in [1.807, 2.05) is 24.3 Å². The first-order valence-electron chi connectivity index (χ1n) is 19.5. The monoisotopic (exact) mass is 730 g/mol. The first-order chi connectivity index (χ1) is 28.3. The minimum absolute atomic E-state index is 0.378. The molecule has 8 aromatic carbocycles. The second-order valence-corrected chi connectivity index (χ2v) is 14.9. The number of aliphatic imine (C=N–C) groups is 2. The quantitative estimate of drug-likeness (QED) is 0.196. The van der Waals surface area contributed by atoms with Gasteiger partial charge in [-0.25, -0.2) is 9.98 Å². The first-order valence-corrected chi connectivity index (χ1v) is 19.5. The molecule has 57 heavy (non-hydrogen) atoms. The minimum Gasteiger partial charge on any atom is -0.457 e. The second kappa shape index (κ2) is 12.3. The lowest BCUT2D eigenvalue weighted by Crippen LogP contribution is -2.33. The minimum atomic E-state index is -0.557. The molecule has 1 aliphatic carbocycles. The van der Waals surface area contributed by atoms with Gasteiger partial charge in [0.1, 0.15) is 23.5 Å². The lowest BCUT2D eigenvalue weighted by Gasteiger charge is -2.39. The molecule has 268 valence electrons. The van der Waals surface area contributed by atoms with Crippen molar-refractivity contribution in [3.8, 4) is 28.3 Å². The fourth-order valence-corrected chi connectivity index (χ4v) is 9.67. The number of nitrogens with zero attached hydrogens (tertiary/aromatic N) is 3. The number of fused-ring (bicyclic) bond motifs is 12. The van der Waals surface area contributed by atoms with E-state index in [1.165, 1.54) is 27.6 Å². The summed E-state index contributed by atoms with van der Waals surface area (Å²) in [5.41, 5.74) is 13.2. The summed E-state index contributed by atoms with van der Waals surface area (Å²) in [6.45, 7) is 0. The molecule has 0 amide bonds. The van der Waals surface area contributed by atoms with Gasteiger partial charge in [-0.05, 0) is 47.0 Å². The number of hydrogen-bond acceptors (Lipinski definition) is 4. The van der Waals surface area contributed by atoms with Crippen molar-refractivity contribution in [2.45, 2.75) is 11.6 Å². The molecule has 1 atom stereocenters. The average Bonchev–Trinajstić information content (AvgIpc) is 3.78. The van der Waals surface area contributed by atoms with Crippen LogP contribution < -0.4 is 10.1 Å². The van der Waals surface area contributed by atoms with Gasteiger partial charge in [-0.1, -0.05) is 164 Å². The third kappa shape index (κ3) is 4.51. The SMILES string of the molecule is c1ccc(C2=NC(c3cccc4c3c3ccccc3n4-c3cccc4c3-c3ccccc3C43c4ccccc4Oc4ccccc43)NC(c3ccccc3)=N2)cc1. The van der Waals surface area contributed by atoms with Crippen molar-refractivity contribution in [1.82, 2.24) is 9.88 Å². The van der Waals surface area contributed by atoms with Gasteiger partial charge in [0.25, 0.3) is 0 Å². The predicted octanol–water partition coefficient (Wildman–Crippen LogP) is 11.7. The van der Waals surface area contributed by atoms with E-state index in [1.54, 1.807) is 0 Å². The number of para-hydroxylation sites is 3. The van der Waals surface area contributed by atoms with E-state index in [0.29, 0.717) is 5.84 Å². The molecule has 9 aromatic rings. The Bertz CT molecular complexity index is 3100. The highest BCUT2D eigenvalue weighted by Gasteiger charge is 2.51. The van der Waals surface area contributed by atoms with Gasteiger partial charge in [0.15, 0.2) is 5.84 Å². The Kier molecular flexibility index (Phi) is 6.84. The summed E-state index contributed by atoms with van der Waals surface area (Å²) in [6, 6.07) is 68.9. The molecule has 1 unspecified atom stereocenters. The van der Waals surface area contributed by atoms with E-state index in [2.05, 4.69) is 180 Å². The molecule has 3 aliphatic rings. The van der Waals surface area contributed by atoms with Gasteiger partial charge < -0.3 is 14.6 Å². The summed E-state index contributed by atoms with van der Waals surface area (Å²) in [5, 5.41) is 6.08. The third-order valence-corrected chi connectivity index (χ3v) is 11.9. The van der Waals surface area contributed by atoms with E-state index in [-0.39, 0.29) is 6.17 Å². The van der Waals surface area contributed by atoms with Crippen molar-refractivity contribution in [3.05, 3.63) is 233 Å². The van der Waals surface area contributed by atoms with Crippen LogP contribution in [0, 0.1) is 0 Å². The van der Waals surface area contributed by atoms with Gasteiger partial charge in [-0.2, -0.15) is 0 Å². The van der Waals surface area contributed by atoms with Gasteiger partial charge in [-0.3, -0.25) is 0 Å². The Labute approximate surface area is 329 Å². The number of nitrogens with one attached hydrogen (secondary N) is 1. The number of benzene rings is 8. The number of ether oxygens (including phenoxy) is 1. The molecule has 1 aromatic heterocycles. The second-order valence-electron chi connectivity index (χ2n) is 14.9. The molecular formula is C52H34N4O. The van der Waals surface area contributed by atoms with Crippen LogP contribution in [0.2, 0.25) is 0 Å². The lowest BCUT2D eigenvalue weighted by atomic mass is 9.66. The third-order valence-electron chi connectivity index (χ3n) is 11.9. The van der Waals surface area contributed by atoms with E-state index < -0.39 is 5.41 Å². The molecule has 0 saturated carbocycles. The highest BCUT2D eigenvalue weighted by atomic mass is 16.5. The zero-order valence-electron chi connectivity index (χ0n) is 30.8. The molecule has 5 nitrogen and oxygen atoms in total. The van der Waals surface area contributed by atoms with Crippen LogP contribution in [0.5, 0.6) is 11.5 Å². The molecule has 5 heteroatoms. The van der Waals surface area contributed by atoms with Gasteiger partial charge in [-0.15, -0.1) is 0 Å². The number of aromatic nitrogens is 1. The summed E-state index contributed by atoms with van der Waals surface area (Å²) >= 11 is 0. The summed E-state index contributed by atoms with van der Waals surface area (Å²) < 4.78 is 9.09. The van der Waals surface area contributed by atoms with Crippen molar-refractivity contribution in [2.75, 3.05) is 0 Å². The maximum absolute atomic E-state index is 6.62. The topological polar surface area (TPSA) is 50.9 Å². The van der Waals surface area contributed by atoms with Gasteiger partial charge in [0.2, 0.25) is 0 Å². The highest BCUT2D eigenvalue weighted by Crippen LogP contribution is 2.63. The molecule has 0 radical (unpaired) electrons. The number of hydrogen-bond donors (Lipinski definition) is 1. The first kappa shape index (κ1) is 31.8. The van der Waals surface area contributed by atoms with Gasteiger partial charge >= 0.3 is 0 Å². The standard InChI is InChI=1S/C52H34N4O/c1-3-17-33(18-4-1)49-53-50(34-19-5-2-6-20-34)55-51(54-49)37-23-15-29-43-47(37)36-22-8-12-28-42(36)56(43)44-30-16-27-41-48(44)35-21-7-9-24-38(35)52(41)39-25-10-13-31-45(39)57-46-32-14-11-26-40(46)52/h1-32,51H,(H,53,54,55). The fourth-order valence-electron chi connectivity index (χ4n) is 9.67. The number of amidine groups is 2. The lowest BCUT2D eigenvalue weighted by molar-refractivity contribution is 0.436. The summed E-state index contributed by atoms with van der Waals surface area (Å²) in [5.74, 6) is 3.29. The zero-order chi connectivity index (χ0) is 37.5. The molecule has 0 bridgehead atoms. The molecule has 0 fully saturated rings. The van der Waals surface area contributed by atoms with Crippen LogP contribution >= 0.6 is 0 Å². The van der Waals surface area contributed by atoms with Crippen LogP contribution in [-0.4, -0.2) is 16.2 Å². The molecule has 12 rings (SSSR count). The maximum atomic E-state index is 6.62. The van der Waals surface area contributed by atoms with E-state index >= 15 is 0 Å². The molecule has 1 N–H and O–H groups in total. The van der Waals surface area contributed by atoms with E-state index in [4.69, 9.17) is 14.7 Å².